The lowest BCUT2D eigenvalue weighted by Gasteiger charge is -2.39. The minimum Gasteiger partial charge on any atom is -0.466 e. The summed E-state index contributed by atoms with van der Waals surface area (Å²) in [6.07, 6.45) is 5.33. The van der Waals surface area contributed by atoms with Crippen LogP contribution in [0.5, 0.6) is 0 Å². The van der Waals surface area contributed by atoms with Gasteiger partial charge in [0.05, 0.1) is 24.8 Å². The highest BCUT2D eigenvalue weighted by Gasteiger charge is 2.46. The Morgan fingerprint density at radius 3 is 2.36 bits per heavy atom. The Labute approximate surface area is 147 Å². The number of nitrogens with zero attached hydrogens (tertiary/aromatic N) is 1. The topological polar surface area (TPSA) is 55.8 Å². The first-order valence-electron chi connectivity index (χ1n) is 8.36. The van der Waals surface area contributed by atoms with Crippen molar-refractivity contribution in [2.24, 2.45) is 0 Å². The van der Waals surface area contributed by atoms with Gasteiger partial charge in [-0.25, -0.2) is 9.59 Å². The van der Waals surface area contributed by atoms with E-state index in [1.54, 1.807) is 4.90 Å². The molecule has 0 unspecified atom stereocenters. The monoisotopic (exact) mass is 341 g/mol. The molecule has 1 aromatic rings. The zero-order valence-corrected chi connectivity index (χ0v) is 14.9. The van der Waals surface area contributed by atoms with Crippen LogP contribution in [0.25, 0.3) is 0 Å². The average Bonchev–Trinajstić information content (AvgIpc) is 2.90. The van der Waals surface area contributed by atoms with E-state index in [9.17, 15) is 9.59 Å². The molecule has 0 N–H and O–H groups in total. The number of rotatable bonds is 2. The van der Waals surface area contributed by atoms with Crippen molar-refractivity contribution in [3.05, 3.63) is 59.7 Å². The van der Waals surface area contributed by atoms with Crippen molar-refractivity contribution in [2.75, 3.05) is 7.11 Å². The van der Waals surface area contributed by atoms with E-state index in [-0.39, 0.29) is 12.0 Å². The zero-order valence-electron chi connectivity index (χ0n) is 14.9. The second-order valence-corrected chi connectivity index (χ2v) is 7.26. The summed E-state index contributed by atoms with van der Waals surface area (Å²) in [6, 6.07) is 9.19. The molecule has 3 rings (SSSR count). The summed E-state index contributed by atoms with van der Waals surface area (Å²) in [7, 11) is 1.35. The van der Waals surface area contributed by atoms with Crippen molar-refractivity contribution in [1.29, 1.82) is 0 Å². The third kappa shape index (κ3) is 3.31. The molecule has 0 spiro atoms. The maximum atomic E-state index is 12.8. The van der Waals surface area contributed by atoms with Crippen molar-refractivity contribution >= 4 is 12.1 Å². The molecule has 1 aromatic carbocycles. The second-order valence-electron chi connectivity index (χ2n) is 7.26. The van der Waals surface area contributed by atoms with Crippen LogP contribution in [0.1, 0.15) is 32.3 Å². The van der Waals surface area contributed by atoms with Crippen molar-refractivity contribution in [2.45, 2.75) is 44.4 Å². The van der Waals surface area contributed by atoms with Gasteiger partial charge in [0.2, 0.25) is 0 Å². The van der Waals surface area contributed by atoms with Gasteiger partial charge in [-0.05, 0) is 26.3 Å². The van der Waals surface area contributed by atoms with Crippen molar-refractivity contribution in [1.82, 2.24) is 4.90 Å². The number of methoxy groups -OCH3 is 1. The van der Waals surface area contributed by atoms with Gasteiger partial charge >= 0.3 is 12.1 Å². The molecule has 0 saturated carbocycles. The molecule has 0 saturated heterocycles. The highest BCUT2D eigenvalue weighted by Crippen LogP contribution is 2.40. The molecule has 1 amide bonds. The van der Waals surface area contributed by atoms with Crippen LogP contribution in [0.2, 0.25) is 0 Å². The number of fused-ring (bicyclic) bond motifs is 2. The molecule has 2 aliphatic heterocycles. The van der Waals surface area contributed by atoms with E-state index < -0.39 is 23.7 Å². The largest absolute Gasteiger partial charge is 0.466 e. The molecule has 2 aliphatic rings. The van der Waals surface area contributed by atoms with E-state index >= 15 is 0 Å². The number of benzene rings is 1. The molecule has 0 aromatic heterocycles. The zero-order chi connectivity index (χ0) is 18.2. The van der Waals surface area contributed by atoms with Gasteiger partial charge in [-0.2, -0.15) is 0 Å². The standard InChI is InChI=1S/C20H23NO4/c1-20(2,3)25-19(23)21-16-10-11-17(21)15(18(22)24-4)12-14(16)13-8-6-5-7-9-13/h5-12,14,16-17H,1-4H3/t14-,16+,17-/m0/s1. The quantitative estimate of drug-likeness (QED) is 0.611. The molecule has 2 bridgehead atoms. The number of carbonyl (C=O) groups excluding carboxylic acids is 2. The third-order valence-electron chi connectivity index (χ3n) is 4.37. The molecule has 0 radical (unpaired) electrons. The smallest absolute Gasteiger partial charge is 0.411 e. The summed E-state index contributed by atoms with van der Waals surface area (Å²) in [5.41, 5.74) is 0.894. The van der Waals surface area contributed by atoms with E-state index in [1.807, 2.05) is 69.3 Å². The lowest BCUT2D eigenvalue weighted by molar-refractivity contribution is -0.136. The number of carbonyl (C=O) groups is 2. The molecular formula is C20H23NO4. The van der Waals surface area contributed by atoms with E-state index in [1.165, 1.54) is 7.11 Å². The first-order valence-corrected chi connectivity index (χ1v) is 8.36. The molecule has 25 heavy (non-hydrogen) atoms. The fraction of sp³-hybridized carbons (Fsp3) is 0.400. The van der Waals surface area contributed by atoms with Crippen LogP contribution >= 0.6 is 0 Å². The minimum absolute atomic E-state index is 0.127. The summed E-state index contributed by atoms with van der Waals surface area (Å²) in [5.74, 6) is -0.553. The van der Waals surface area contributed by atoms with Gasteiger partial charge in [0, 0.05) is 5.92 Å². The van der Waals surface area contributed by atoms with Crippen LogP contribution in [-0.4, -0.2) is 41.8 Å². The molecule has 3 atom stereocenters. The number of esters is 1. The van der Waals surface area contributed by atoms with Crippen LogP contribution in [0.15, 0.2) is 54.1 Å². The predicted molar refractivity (Wildman–Crippen MR) is 94.1 cm³/mol. The second kappa shape index (κ2) is 6.39. The van der Waals surface area contributed by atoms with Crippen LogP contribution < -0.4 is 0 Å². The fourth-order valence-electron chi connectivity index (χ4n) is 3.35. The Morgan fingerprint density at radius 1 is 1.08 bits per heavy atom. The lowest BCUT2D eigenvalue weighted by atomic mass is 9.86. The molecule has 0 aliphatic carbocycles. The van der Waals surface area contributed by atoms with Gasteiger partial charge < -0.3 is 9.47 Å². The van der Waals surface area contributed by atoms with Gasteiger partial charge in [0.1, 0.15) is 5.60 Å². The van der Waals surface area contributed by atoms with Gasteiger partial charge in [-0.1, -0.05) is 48.6 Å². The molecule has 0 fully saturated rings. The summed E-state index contributed by atoms with van der Waals surface area (Å²) in [4.78, 5) is 26.7. The summed E-state index contributed by atoms with van der Waals surface area (Å²) < 4.78 is 10.5. The van der Waals surface area contributed by atoms with E-state index in [2.05, 4.69) is 0 Å². The van der Waals surface area contributed by atoms with Gasteiger partial charge in [0.15, 0.2) is 0 Å². The summed E-state index contributed by atoms with van der Waals surface area (Å²) >= 11 is 0. The van der Waals surface area contributed by atoms with E-state index in [0.29, 0.717) is 5.57 Å². The van der Waals surface area contributed by atoms with Crippen LogP contribution in [0, 0.1) is 0 Å². The van der Waals surface area contributed by atoms with Crippen molar-refractivity contribution in [3.8, 4) is 0 Å². The third-order valence-corrected chi connectivity index (χ3v) is 4.37. The fourth-order valence-corrected chi connectivity index (χ4v) is 3.35. The van der Waals surface area contributed by atoms with E-state index in [0.717, 1.165) is 5.56 Å². The maximum Gasteiger partial charge on any atom is 0.411 e. The molecular weight excluding hydrogens is 318 g/mol. The van der Waals surface area contributed by atoms with Gasteiger partial charge in [-0.15, -0.1) is 0 Å². The summed E-state index contributed by atoms with van der Waals surface area (Å²) in [6.45, 7) is 5.49. The van der Waals surface area contributed by atoms with Crippen LogP contribution in [0.3, 0.4) is 0 Å². The number of hydrogen-bond acceptors (Lipinski definition) is 4. The number of hydrogen-bond donors (Lipinski definition) is 0. The first kappa shape index (κ1) is 17.3. The van der Waals surface area contributed by atoms with Crippen LogP contribution in [0.4, 0.5) is 4.79 Å². The Balaban J connectivity index is 2.01. The highest BCUT2D eigenvalue weighted by atomic mass is 16.6. The Bertz CT molecular complexity index is 730. The number of amides is 1. The maximum absolute atomic E-state index is 12.8. The minimum atomic E-state index is -0.606. The summed E-state index contributed by atoms with van der Waals surface area (Å²) in [5, 5.41) is 0. The molecule has 2 heterocycles. The Morgan fingerprint density at radius 2 is 1.76 bits per heavy atom. The van der Waals surface area contributed by atoms with Crippen LogP contribution in [-0.2, 0) is 14.3 Å². The first-order chi connectivity index (χ1) is 11.8. The van der Waals surface area contributed by atoms with E-state index in [4.69, 9.17) is 9.47 Å². The van der Waals surface area contributed by atoms with Gasteiger partial charge in [-0.3, -0.25) is 4.90 Å². The molecule has 5 nitrogen and oxygen atoms in total. The SMILES string of the molecule is COC(=O)C1=C[C@@H](c2ccccc2)[C@H]2C=C[C@@H]1N2C(=O)OC(C)(C)C. The average molecular weight is 341 g/mol. The Hall–Kier alpha value is -2.56. The van der Waals surface area contributed by atoms with Crippen molar-refractivity contribution in [3.63, 3.8) is 0 Å². The molecule has 5 heteroatoms. The lowest BCUT2D eigenvalue weighted by Crippen LogP contribution is -2.50. The van der Waals surface area contributed by atoms with Crippen molar-refractivity contribution < 1.29 is 19.1 Å². The normalized spacial score (nSPS) is 24.7. The predicted octanol–water partition coefficient (Wildman–Crippen LogP) is 3.43. The molecule has 132 valence electrons. The Kier molecular flexibility index (Phi) is 4.41. The highest BCUT2D eigenvalue weighted by molar-refractivity contribution is 5.92. The van der Waals surface area contributed by atoms with Gasteiger partial charge in [0.25, 0.3) is 0 Å². The number of ether oxygens (including phenoxy) is 2.